The fraction of sp³-hybridized carbons (Fsp3) is 0.214. The maximum atomic E-state index is 13.6. The van der Waals surface area contributed by atoms with Gasteiger partial charge in [-0.1, -0.05) is 18.2 Å². The highest BCUT2D eigenvalue weighted by Crippen LogP contribution is 2.30. The molecule has 0 unspecified atom stereocenters. The molecule has 0 atom stereocenters. The van der Waals surface area contributed by atoms with Crippen molar-refractivity contribution < 1.29 is 14.3 Å². The number of thiophene rings is 1. The molecule has 0 aliphatic carbocycles. The van der Waals surface area contributed by atoms with Gasteiger partial charge < -0.3 is 10.0 Å². The highest BCUT2D eigenvalue weighted by molar-refractivity contribution is 7.17. The molecule has 1 heterocycles. The van der Waals surface area contributed by atoms with E-state index in [1.807, 2.05) is 0 Å². The van der Waals surface area contributed by atoms with Crippen LogP contribution in [0.1, 0.15) is 9.67 Å². The van der Waals surface area contributed by atoms with Crippen LogP contribution in [0.5, 0.6) is 0 Å². The van der Waals surface area contributed by atoms with E-state index in [0.717, 1.165) is 4.88 Å². The highest BCUT2D eigenvalue weighted by atomic mass is 32.1. The number of amides is 1. The van der Waals surface area contributed by atoms with Crippen molar-refractivity contribution in [3.05, 3.63) is 47.1 Å². The zero-order chi connectivity index (χ0) is 13.8. The molecule has 1 N–H and O–H groups in total. The summed E-state index contributed by atoms with van der Waals surface area (Å²) in [6.45, 7) is 0.208. The molecule has 3 nitrogen and oxygen atoms in total. The first kappa shape index (κ1) is 13.7. The van der Waals surface area contributed by atoms with Gasteiger partial charge in [0.15, 0.2) is 0 Å². The van der Waals surface area contributed by atoms with Crippen LogP contribution >= 0.6 is 11.3 Å². The molecule has 2 rings (SSSR count). The van der Waals surface area contributed by atoms with Crippen LogP contribution in [0.2, 0.25) is 0 Å². The summed E-state index contributed by atoms with van der Waals surface area (Å²) in [5, 5.41) is 8.81. The third-order valence-corrected chi connectivity index (χ3v) is 3.84. The standard InChI is InChI=1S/C14H14FNO2S/c1-16(8-9-17)14(18)13-7-6-12(19-13)10-4-2-3-5-11(10)15/h2-7,17H,8-9H2,1H3. The summed E-state index contributed by atoms with van der Waals surface area (Å²) in [5.74, 6) is -0.464. The molecule has 0 saturated heterocycles. The van der Waals surface area contributed by atoms with Crippen LogP contribution in [0.3, 0.4) is 0 Å². The summed E-state index contributed by atoms with van der Waals surface area (Å²) < 4.78 is 13.6. The molecule has 0 aliphatic rings. The Balaban J connectivity index is 2.25. The van der Waals surface area contributed by atoms with E-state index in [0.29, 0.717) is 10.4 Å². The van der Waals surface area contributed by atoms with Crippen molar-refractivity contribution in [2.24, 2.45) is 0 Å². The van der Waals surface area contributed by atoms with E-state index in [9.17, 15) is 9.18 Å². The monoisotopic (exact) mass is 279 g/mol. The normalized spacial score (nSPS) is 10.5. The van der Waals surface area contributed by atoms with E-state index in [-0.39, 0.29) is 24.9 Å². The number of hydrogen-bond donors (Lipinski definition) is 1. The van der Waals surface area contributed by atoms with Gasteiger partial charge in [-0.15, -0.1) is 11.3 Å². The molecular weight excluding hydrogens is 265 g/mol. The van der Waals surface area contributed by atoms with Gasteiger partial charge in [0.25, 0.3) is 5.91 Å². The van der Waals surface area contributed by atoms with Crippen LogP contribution in [0.25, 0.3) is 10.4 Å². The second-order valence-electron chi connectivity index (χ2n) is 4.09. The molecule has 1 aromatic heterocycles. The first-order valence-corrected chi connectivity index (χ1v) is 6.66. The lowest BCUT2D eigenvalue weighted by Crippen LogP contribution is -2.28. The Kier molecular flexibility index (Phi) is 4.29. The van der Waals surface area contributed by atoms with Gasteiger partial charge >= 0.3 is 0 Å². The van der Waals surface area contributed by atoms with Gasteiger partial charge in [0.05, 0.1) is 11.5 Å². The Hall–Kier alpha value is -1.72. The number of nitrogens with zero attached hydrogens (tertiary/aromatic N) is 1. The number of hydrogen-bond acceptors (Lipinski definition) is 3. The topological polar surface area (TPSA) is 40.5 Å². The van der Waals surface area contributed by atoms with Gasteiger partial charge in [-0.25, -0.2) is 4.39 Å². The molecule has 0 fully saturated rings. The minimum Gasteiger partial charge on any atom is -0.395 e. The van der Waals surface area contributed by atoms with Crippen LogP contribution < -0.4 is 0 Å². The zero-order valence-corrected chi connectivity index (χ0v) is 11.3. The van der Waals surface area contributed by atoms with Crippen LogP contribution in [-0.2, 0) is 0 Å². The van der Waals surface area contributed by atoms with Crippen LogP contribution in [-0.4, -0.2) is 36.1 Å². The van der Waals surface area contributed by atoms with Gasteiger partial charge in [0.2, 0.25) is 0 Å². The Labute approximate surface area is 114 Å². The number of carbonyl (C=O) groups excluding carboxylic acids is 1. The van der Waals surface area contributed by atoms with Crippen LogP contribution in [0, 0.1) is 5.82 Å². The number of halogens is 1. The van der Waals surface area contributed by atoms with Gasteiger partial charge in [-0.05, 0) is 18.2 Å². The summed E-state index contributed by atoms with van der Waals surface area (Å²) in [7, 11) is 1.63. The molecule has 0 radical (unpaired) electrons. The van der Waals surface area contributed by atoms with Crippen molar-refractivity contribution in [3.63, 3.8) is 0 Å². The lowest BCUT2D eigenvalue weighted by Gasteiger charge is -2.13. The van der Waals surface area contributed by atoms with E-state index in [4.69, 9.17) is 5.11 Å². The lowest BCUT2D eigenvalue weighted by molar-refractivity contribution is 0.0771. The number of likely N-dealkylation sites (N-methyl/N-ethyl adjacent to an activating group) is 1. The van der Waals surface area contributed by atoms with Crippen molar-refractivity contribution in [2.45, 2.75) is 0 Å². The van der Waals surface area contributed by atoms with Crippen LogP contribution in [0.15, 0.2) is 36.4 Å². The quantitative estimate of drug-likeness (QED) is 0.934. The van der Waals surface area contributed by atoms with E-state index >= 15 is 0 Å². The molecule has 0 saturated carbocycles. The van der Waals surface area contributed by atoms with Gasteiger partial charge in [0, 0.05) is 24.0 Å². The largest absolute Gasteiger partial charge is 0.395 e. The van der Waals surface area contributed by atoms with Crippen LogP contribution in [0.4, 0.5) is 4.39 Å². The number of benzene rings is 1. The second-order valence-corrected chi connectivity index (χ2v) is 5.18. The van der Waals surface area contributed by atoms with E-state index in [1.54, 1.807) is 37.4 Å². The molecule has 2 aromatic rings. The summed E-state index contributed by atoms with van der Waals surface area (Å²) >= 11 is 1.25. The predicted octanol–water partition coefficient (Wildman–Crippen LogP) is 2.62. The Morgan fingerprint density at radius 1 is 1.32 bits per heavy atom. The van der Waals surface area contributed by atoms with Crippen molar-refractivity contribution in [2.75, 3.05) is 20.2 Å². The molecular formula is C14H14FNO2S. The minimum absolute atomic E-state index is 0.0756. The van der Waals surface area contributed by atoms with Gasteiger partial charge in [-0.3, -0.25) is 4.79 Å². The Bertz CT molecular complexity index is 582. The smallest absolute Gasteiger partial charge is 0.263 e. The van der Waals surface area contributed by atoms with E-state index in [1.165, 1.54) is 22.3 Å². The predicted molar refractivity (Wildman–Crippen MR) is 73.8 cm³/mol. The molecule has 0 spiro atoms. The van der Waals surface area contributed by atoms with Gasteiger partial charge in [0.1, 0.15) is 5.82 Å². The maximum absolute atomic E-state index is 13.6. The summed E-state index contributed by atoms with van der Waals surface area (Å²) in [4.78, 5) is 14.7. The SMILES string of the molecule is CN(CCO)C(=O)c1ccc(-c2ccccc2F)s1. The Morgan fingerprint density at radius 2 is 2.05 bits per heavy atom. The van der Waals surface area contributed by atoms with Crippen molar-refractivity contribution in [3.8, 4) is 10.4 Å². The fourth-order valence-electron chi connectivity index (χ4n) is 1.70. The minimum atomic E-state index is -0.299. The third-order valence-electron chi connectivity index (χ3n) is 2.74. The van der Waals surface area contributed by atoms with E-state index < -0.39 is 0 Å². The first-order chi connectivity index (χ1) is 9.13. The average molecular weight is 279 g/mol. The third kappa shape index (κ3) is 3.00. The Morgan fingerprint density at radius 3 is 2.74 bits per heavy atom. The molecule has 1 amide bonds. The second kappa shape index (κ2) is 5.95. The summed E-state index contributed by atoms with van der Waals surface area (Å²) in [5.41, 5.74) is 0.497. The number of carbonyl (C=O) groups is 1. The molecule has 0 aliphatic heterocycles. The number of aliphatic hydroxyl groups is 1. The fourth-order valence-corrected chi connectivity index (χ4v) is 2.73. The molecule has 0 bridgehead atoms. The summed E-state index contributed by atoms with van der Waals surface area (Å²) in [6, 6.07) is 9.90. The van der Waals surface area contributed by atoms with Gasteiger partial charge in [-0.2, -0.15) is 0 Å². The van der Waals surface area contributed by atoms with Crippen molar-refractivity contribution in [1.29, 1.82) is 0 Å². The zero-order valence-electron chi connectivity index (χ0n) is 10.5. The summed E-state index contributed by atoms with van der Waals surface area (Å²) in [6.07, 6.45) is 0. The van der Waals surface area contributed by atoms with Crippen molar-refractivity contribution in [1.82, 2.24) is 4.90 Å². The molecule has 1 aromatic carbocycles. The number of rotatable bonds is 4. The molecule has 19 heavy (non-hydrogen) atoms. The van der Waals surface area contributed by atoms with Crippen molar-refractivity contribution >= 4 is 17.2 Å². The molecule has 5 heteroatoms. The first-order valence-electron chi connectivity index (χ1n) is 5.84. The molecule has 100 valence electrons. The average Bonchev–Trinajstić information content (AvgIpc) is 2.88. The number of aliphatic hydroxyl groups excluding tert-OH is 1. The van der Waals surface area contributed by atoms with E-state index in [2.05, 4.69) is 0 Å². The highest BCUT2D eigenvalue weighted by Gasteiger charge is 2.15. The lowest BCUT2D eigenvalue weighted by atomic mass is 10.2. The maximum Gasteiger partial charge on any atom is 0.263 e.